The number of rotatable bonds is 5. The van der Waals surface area contributed by atoms with Crippen molar-refractivity contribution in [3.05, 3.63) is 37.0 Å². The number of hydrogen-bond donors (Lipinski definition) is 0. The topological polar surface area (TPSA) is 0 Å². The van der Waals surface area contributed by atoms with Gasteiger partial charge in [-0.25, -0.2) is 0 Å². The largest absolute Gasteiger partial charge is 0.103 e. The second-order valence-corrected chi connectivity index (χ2v) is 2.71. The molecule has 0 atom stereocenters. The summed E-state index contributed by atoms with van der Waals surface area (Å²) in [6, 6.07) is 0. The van der Waals surface area contributed by atoms with E-state index in [0.717, 1.165) is 19.3 Å². The zero-order valence-electron chi connectivity index (χ0n) is 6.82. The highest BCUT2D eigenvalue weighted by atomic mass is 14.0. The van der Waals surface area contributed by atoms with Gasteiger partial charge in [0.1, 0.15) is 0 Å². The molecule has 10 heavy (non-hydrogen) atoms. The van der Waals surface area contributed by atoms with E-state index in [4.69, 9.17) is 0 Å². The Morgan fingerprint density at radius 2 is 2.00 bits per heavy atom. The summed E-state index contributed by atoms with van der Waals surface area (Å²) in [5.74, 6) is 0. The SMILES string of the molecule is C=CCCC(=C)CC(=C)C. The molecule has 0 amide bonds. The first kappa shape index (κ1) is 9.22. The summed E-state index contributed by atoms with van der Waals surface area (Å²) in [4.78, 5) is 0. The second kappa shape index (κ2) is 5.04. The van der Waals surface area contributed by atoms with Crippen molar-refractivity contribution in [1.29, 1.82) is 0 Å². The average Bonchev–Trinajstić information content (AvgIpc) is 1.82. The molecule has 0 saturated heterocycles. The minimum atomic E-state index is 0.966. The molecule has 0 rings (SSSR count). The lowest BCUT2D eigenvalue weighted by Crippen LogP contribution is -1.81. The maximum atomic E-state index is 3.92. The van der Waals surface area contributed by atoms with Crippen molar-refractivity contribution in [2.45, 2.75) is 26.2 Å². The minimum Gasteiger partial charge on any atom is -0.103 e. The van der Waals surface area contributed by atoms with Crippen LogP contribution in [0.25, 0.3) is 0 Å². The predicted molar refractivity (Wildman–Crippen MR) is 48.0 cm³/mol. The first-order valence-electron chi connectivity index (χ1n) is 3.58. The van der Waals surface area contributed by atoms with Crippen LogP contribution in [0.5, 0.6) is 0 Å². The van der Waals surface area contributed by atoms with E-state index in [2.05, 4.69) is 19.7 Å². The van der Waals surface area contributed by atoms with Gasteiger partial charge in [-0.1, -0.05) is 30.4 Å². The van der Waals surface area contributed by atoms with E-state index >= 15 is 0 Å². The zero-order valence-corrected chi connectivity index (χ0v) is 6.82. The monoisotopic (exact) mass is 136 g/mol. The van der Waals surface area contributed by atoms with E-state index in [9.17, 15) is 0 Å². The van der Waals surface area contributed by atoms with E-state index in [1.54, 1.807) is 0 Å². The highest BCUT2D eigenvalue weighted by Crippen LogP contribution is 2.11. The third kappa shape index (κ3) is 5.36. The fourth-order valence-corrected chi connectivity index (χ4v) is 0.821. The molecule has 0 aromatic carbocycles. The fourth-order valence-electron chi connectivity index (χ4n) is 0.821. The van der Waals surface area contributed by atoms with Gasteiger partial charge in [-0.15, -0.1) is 6.58 Å². The van der Waals surface area contributed by atoms with E-state index in [0.29, 0.717) is 0 Å². The van der Waals surface area contributed by atoms with Gasteiger partial charge < -0.3 is 0 Å². The van der Waals surface area contributed by atoms with E-state index in [-0.39, 0.29) is 0 Å². The lowest BCUT2D eigenvalue weighted by Gasteiger charge is -2.01. The molecule has 0 aliphatic rings. The molecule has 0 nitrogen and oxygen atoms in total. The fraction of sp³-hybridized carbons (Fsp3) is 0.400. The smallest absolute Gasteiger partial charge is 0.0117 e. The molecule has 0 heteroatoms. The first-order chi connectivity index (χ1) is 4.66. The summed E-state index contributed by atoms with van der Waals surface area (Å²) in [5, 5.41) is 0. The van der Waals surface area contributed by atoms with Crippen LogP contribution in [0.2, 0.25) is 0 Å². The Morgan fingerprint density at radius 3 is 2.40 bits per heavy atom. The van der Waals surface area contributed by atoms with Crippen molar-refractivity contribution in [3.63, 3.8) is 0 Å². The maximum absolute atomic E-state index is 3.92. The van der Waals surface area contributed by atoms with Crippen molar-refractivity contribution in [3.8, 4) is 0 Å². The lowest BCUT2D eigenvalue weighted by molar-refractivity contribution is 0.927. The van der Waals surface area contributed by atoms with Crippen LogP contribution in [0.1, 0.15) is 26.2 Å². The normalized spacial score (nSPS) is 8.90. The molecule has 0 bridgehead atoms. The van der Waals surface area contributed by atoms with E-state index in [1.807, 2.05) is 13.0 Å². The Labute approximate surface area is 64.0 Å². The molecule has 0 aliphatic carbocycles. The zero-order chi connectivity index (χ0) is 7.98. The molecule has 0 fully saturated rings. The van der Waals surface area contributed by atoms with Gasteiger partial charge in [-0.05, 0) is 26.2 Å². The number of allylic oxidation sites excluding steroid dienone is 3. The Balaban J connectivity index is 3.43. The van der Waals surface area contributed by atoms with Gasteiger partial charge in [0, 0.05) is 0 Å². The summed E-state index contributed by atoms with van der Waals surface area (Å²) in [7, 11) is 0. The van der Waals surface area contributed by atoms with Crippen LogP contribution in [0, 0.1) is 0 Å². The van der Waals surface area contributed by atoms with Gasteiger partial charge in [0.05, 0.1) is 0 Å². The lowest BCUT2D eigenvalue weighted by atomic mass is 10.1. The van der Waals surface area contributed by atoms with Crippen LogP contribution in [0.3, 0.4) is 0 Å². The highest BCUT2D eigenvalue weighted by Gasteiger charge is 1.91. The van der Waals surface area contributed by atoms with Crippen LogP contribution in [0.4, 0.5) is 0 Å². The van der Waals surface area contributed by atoms with Gasteiger partial charge in [0.25, 0.3) is 0 Å². The molecule has 0 aromatic rings. The molecule has 56 valence electrons. The van der Waals surface area contributed by atoms with E-state index in [1.165, 1.54) is 11.1 Å². The van der Waals surface area contributed by atoms with Crippen molar-refractivity contribution in [2.75, 3.05) is 0 Å². The van der Waals surface area contributed by atoms with Crippen molar-refractivity contribution in [1.82, 2.24) is 0 Å². The molecular weight excluding hydrogens is 120 g/mol. The van der Waals surface area contributed by atoms with Crippen LogP contribution < -0.4 is 0 Å². The van der Waals surface area contributed by atoms with Gasteiger partial charge >= 0.3 is 0 Å². The molecule has 0 aliphatic heterocycles. The molecule has 0 radical (unpaired) electrons. The Morgan fingerprint density at radius 1 is 1.40 bits per heavy atom. The molecule has 0 aromatic heterocycles. The molecule has 0 heterocycles. The standard InChI is InChI=1S/C10H16/c1-5-6-7-10(4)8-9(2)3/h5H,1-2,4,6-8H2,3H3. The predicted octanol–water partition coefficient (Wildman–Crippen LogP) is 3.48. The molecule has 0 spiro atoms. The van der Waals surface area contributed by atoms with Gasteiger partial charge in [-0.2, -0.15) is 0 Å². The molecular formula is C10H16. The Bertz CT molecular complexity index is 140. The average molecular weight is 136 g/mol. The minimum absolute atomic E-state index is 0.966. The first-order valence-corrected chi connectivity index (χ1v) is 3.58. The van der Waals surface area contributed by atoms with Crippen LogP contribution >= 0.6 is 0 Å². The third-order valence-corrected chi connectivity index (χ3v) is 1.25. The highest BCUT2D eigenvalue weighted by molar-refractivity contribution is 5.07. The van der Waals surface area contributed by atoms with Gasteiger partial charge in [0.2, 0.25) is 0 Å². The Hall–Kier alpha value is -0.780. The quantitative estimate of drug-likeness (QED) is 0.508. The second-order valence-electron chi connectivity index (χ2n) is 2.71. The van der Waals surface area contributed by atoms with Crippen LogP contribution in [-0.2, 0) is 0 Å². The van der Waals surface area contributed by atoms with Crippen molar-refractivity contribution < 1.29 is 0 Å². The van der Waals surface area contributed by atoms with E-state index < -0.39 is 0 Å². The van der Waals surface area contributed by atoms with Crippen molar-refractivity contribution >= 4 is 0 Å². The van der Waals surface area contributed by atoms with Gasteiger partial charge in [0.15, 0.2) is 0 Å². The molecule has 0 unspecified atom stereocenters. The van der Waals surface area contributed by atoms with Crippen LogP contribution in [0.15, 0.2) is 37.0 Å². The van der Waals surface area contributed by atoms with Crippen LogP contribution in [-0.4, -0.2) is 0 Å². The summed E-state index contributed by atoms with van der Waals surface area (Å²) >= 11 is 0. The third-order valence-electron chi connectivity index (χ3n) is 1.25. The summed E-state index contributed by atoms with van der Waals surface area (Å²) in [6.45, 7) is 13.4. The maximum Gasteiger partial charge on any atom is -0.0117 e. The summed E-state index contributed by atoms with van der Waals surface area (Å²) in [5.41, 5.74) is 2.45. The van der Waals surface area contributed by atoms with Crippen molar-refractivity contribution in [2.24, 2.45) is 0 Å². The molecule has 0 N–H and O–H groups in total. The van der Waals surface area contributed by atoms with Gasteiger partial charge in [-0.3, -0.25) is 0 Å². The molecule has 0 saturated carbocycles. The Kier molecular flexibility index (Phi) is 4.65. The summed E-state index contributed by atoms with van der Waals surface area (Å²) < 4.78 is 0. The number of hydrogen-bond acceptors (Lipinski definition) is 0. The summed E-state index contributed by atoms with van der Waals surface area (Å²) in [6.07, 6.45) is 4.97.